The Labute approximate surface area is 132 Å². The van der Waals surface area contributed by atoms with Gasteiger partial charge < -0.3 is 19.5 Å². The van der Waals surface area contributed by atoms with Crippen LogP contribution in [0.15, 0.2) is 12.3 Å². The number of carbonyl (C=O) groups is 1. The fourth-order valence-corrected chi connectivity index (χ4v) is 1.91. The van der Waals surface area contributed by atoms with Crippen molar-refractivity contribution in [1.29, 1.82) is 0 Å². The second kappa shape index (κ2) is 8.70. The maximum absolute atomic E-state index is 12.4. The van der Waals surface area contributed by atoms with Crippen molar-refractivity contribution in [1.82, 2.24) is 4.98 Å². The average molecular weight is 310 g/mol. The predicted molar refractivity (Wildman–Crippen MR) is 85.3 cm³/mol. The zero-order valence-corrected chi connectivity index (χ0v) is 14.1. The van der Waals surface area contributed by atoms with Crippen LogP contribution in [0.5, 0.6) is 5.88 Å². The van der Waals surface area contributed by atoms with Gasteiger partial charge in [0, 0.05) is 19.3 Å². The Bertz CT molecular complexity index is 493. The molecule has 6 nitrogen and oxygen atoms in total. The molecule has 0 aromatic carbocycles. The number of nitrogens with one attached hydrogen (secondary N) is 1. The summed E-state index contributed by atoms with van der Waals surface area (Å²) in [5, 5.41) is 2.85. The van der Waals surface area contributed by atoms with Gasteiger partial charge in [0.1, 0.15) is 12.2 Å². The van der Waals surface area contributed by atoms with Gasteiger partial charge in [-0.15, -0.1) is 0 Å². The molecule has 1 atom stereocenters. The van der Waals surface area contributed by atoms with Crippen molar-refractivity contribution in [2.24, 2.45) is 0 Å². The zero-order chi connectivity index (χ0) is 16.6. The molecule has 1 aromatic rings. The number of hydrogen-bond donors (Lipinski definition) is 1. The largest absolute Gasteiger partial charge is 0.475 e. The first-order valence-electron chi connectivity index (χ1n) is 7.50. The van der Waals surface area contributed by atoms with Gasteiger partial charge in [0.15, 0.2) is 0 Å². The Hall–Kier alpha value is -1.66. The van der Waals surface area contributed by atoms with Crippen molar-refractivity contribution in [2.45, 2.75) is 39.7 Å². The van der Waals surface area contributed by atoms with Gasteiger partial charge in [-0.3, -0.25) is 4.79 Å². The van der Waals surface area contributed by atoms with Crippen LogP contribution in [-0.2, 0) is 14.3 Å². The Balaban J connectivity index is 2.74. The number of aromatic nitrogens is 1. The first-order chi connectivity index (χ1) is 10.5. The highest BCUT2D eigenvalue weighted by atomic mass is 16.5. The second-order valence-electron chi connectivity index (χ2n) is 5.16. The number of rotatable bonds is 9. The quantitative estimate of drug-likeness (QED) is 0.710. The van der Waals surface area contributed by atoms with Crippen LogP contribution >= 0.6 is 0 Å². The van der Waals surface area contributed by atoms with E-state index in [1.165, 1.54) is 0 Å². The van der Waals surface area contributed by atoms with Crippen LogP contribution in [0.1, 0.15) is 32.8 Å². The predicted octanol–water partition coefficient (Wildman–Crippen LogP) is 2.56. The highest BCUT2D eigenvalue weighted by Gasteiger charge is 2.31. The summed E-state index contributed by atoms with van der Waals surface area (Å²) in [6, 6.07) is 1.83. The van der Waals surface area contributed by atoms with E-state index in [1.807, 2.05) is 26.8 Å². The number of anilines is 1. The van der Waals surface area contributed by atoms with E-state index in [4.69, 9.17) is 14.2 Å². The van der Waals surface area contributed by atoms with Gasteiger partial charge in [-0.25, -0.2) is 4.98 Å². The molecule has 1 rings (SSSR count). The third kappa shape index (κ3) is 4.96. The van der Waals surface area contributed by atoms with Crippen LogP contribution in [0.4, 0.5) is 5.69 Å². The van der Waals surface area contributed by atoms with Gasteiger partial charge >= 0.3 is 0 Å². The number of ether oxygens (including phenoxy) is 3. The normalized spacial score (nSPS) is 13.5. The lowest BCUT2D eigenvalue weighted by Gasteiger charge is -2.26. The number of amides is 1. The molecular formula is C16H26N2O4. The molecule has 22 heavy (non-hydrogen) atoms. The molecule has 0 fully saturated rings. The molecule has 6 heteroatoms. The van der Waals surface area contributed by atoms with Gasteiger partial charge in [0.2, 0.25) is 5.88 Å². The van der Waals surface area contributed by atoms with E-state index in [0.29, 0.717) is 37.8 Å². The van der Waals surface area contributed by atoms with Gasteiger partial charge in [-0.05, 0) is 33.3 Å². The van der Waals surface area contributed by atoms with Crippen molar-refractivity contribution < 1.29 is 19.0 Å². The third-order valence-electron chi connectivity index (χ3n) is 3.43. The summed E-state index contributed by atoms with van der Waals surface area (Å²) >= 11 is 0. The Morgan fingerprint density at radius 2 is 2.09 bits per heavy atom. The van der Waals surface area contributed by atoms with Crippen LogP contribution in [-0.4, -0.2) is 43.4 Å². The second-order valence-corrected chi connectivity index (χ2v) is 5.16. The van der Waals surface area contributed by atoms with Gasteiger partial charge in [-0.2, -0.15) is 0 Å². The summed E-state index contributed by atoms with van der Waals surface area (Å²) in [5.41, 5.74) is 0.639. The van der Waals surface area contributed by atoms with Gasteiger partial charge in [-0.1, -0.05) is 6.92 Å². The minimum Gasteiger partial charge on any atom is -0.475 e. The fourth-order valence-electron chi connectivity index (χ4n) is 1.91. The van der Waals surface area contributed by atoms with Crippen molar-refractivity contribution in [2.75, 3.05) is 32.2 Å². The summed E-state index contributed by atoms with van der Waals surface area (Å²) in [7, 11) is 1.62. The lowest BCUT2D eigenvalue weighted by molar-refractivity contribution is -0.139. The lowest BCUT2D eigenvalue weighted by Crippen LogP contribution is -2.42. The molecule has 0 spiro atoms. The molecule has 0 bridgehead atoms. The Kier molecular flexibility index (Phi) is 7.27. The SMILES string of the molecule is CCO[C@@](C)(CC)C(=O)Nc1cnc(OCCOC)c(C)c1. The van der Waals surface area contributed by atoms with Gasteiger partial charge in [0.05, 0.1) is 18.5 Å². The molecular weight excluding hydrogens is 284 g/mol. The van der Waals surface area contributed by atoms with Crippen molar-refractivity contribution in [3.63, 3.8) is 0 Å². The summed E-state index contributed by atoms with van der Waals surface area (Å²) < 4.78 is 16.0. The fraction of sp³-hybridized carbons (Fsp3) is 0.625. The average Bonchev–Trinajstić information content (AvgIpc) is 2.49. The van der Waals surface area contributed by atoms with E-state index in [0.717, 1.165) is 5.56 Å². The summed E-state index contributed by atoms with van der Waals surface area (Å²) in [5.74, 6) is 0.365. The van der Waals surface area contributed by atoms with E-state index in [-0.39, 0.29) is 5.91 Å². The van der Waals surface area contributed by atoms with Crippen LogP contribution in [0.3, 0.4) is 0 Å². The molecule has 0 aliphatic carbocycles. The standard InChI is InChI=1S/C16H26N2O4/c1-6-16(4,22-7-2)15(19)18-13-10-12(3)14(17-11-13)21-9-8-20-5/h10-11H,6-9H2,1-5H3,(H,18,19)/t16-/m0/s1. The third-order valence-corrected chi connectivity index (χ3v) is 3.43. The minimum absolute atomic E-state index is 0.175. The summed E-state index contributed by atoms with van der Waals surface area (Å²) in [4.78, 5) is 16.6. The number of aryl methyl sites for hydroxylation is 1. The maximum atomic E-state index is 12.4. The monoisotopic (exact) mass is 310 g/mol. The highest BCUT2D eigenvalue weighted by Crippen LogP contribution is 2.21. The number of pyridine rings is 1. The van der Waals surface area contributed by atoms with Crippen molar-refractivity contribution in [3.05, 3.63) is 17.8 Å². The Morgan fingerprint density at radius 1 is 1.36 bits per heavy atom. The molecule has 0 saturated carbocycles. The topological polar surface area (TPSA) is 69.7 Å². The summed E-state index contributed by atoms with van der Waals surface area (Å²) in [6.07, 6.45) is 2.17. The summed E-state index contributed by atoms with van der Waals surface area (Å²) in [6.45, 7) is 8.89. The number of carbonyl (C=O) groups excluding carboxylic acids is 1. The first-order valence-corrected chi connectivity index (χ1v) is 7.50. The number of nitrogens with zero attached hydrogens (tertiary/aromatic N) is 1. The molecule has 124 valence electrons. The van der Waals surface area contributed by atoms with E-state index in [9.17, 15) is 4.79 Å². The van der Waals surface area contributed by atoms with Crippen LogP contribution < -0.4 is 10.1 Å². The molecule has 1 N–H and O–H groups in total. The van der Waals surface area contributed by atoms with Crippen molar-refractivity contribution >= 4 is 11.6 Å². The number of hydrogen-bond acceptors (Lipinski definition) is 5. The zero-order valence-electron chi connectivity index (χ0n) is 14.1. The molecule has 0 saturated heterocycles. The van der Waals surface area contributed by atoms with E-state index in [2.05, 4.69) is 10.3 Å². The van der Waals surface area contributed by atoms with Crippen molar-refractivity contribution in [3.8, 4) is 5.88 Å². The molecule has 1 heterocycles. The molecule has 0 radical (unpaired) electrons. The molecule has 1 amide bonds. The van der Waals surface area contributed by atoms with Crippen LogP contribution in [0, 0.1) is 6.92 Å². The van der Waals surface area contributed by atoms with Gasteiger partial charge in [0.25, 0.3) is 5.91 Å². The Morgan fingerprint density at radius 3 is 2.64 bits per heavy atom. The van der Waals surface area contributed by atoms with E-state index in [1.54, 1.807) is 20.2 Å². The van der Waals surface area contributed by atoms with Crippen LogP contribution in [0.25, 0.3) is 0 Å². The highest BCUT2D eigenvalue weighted by molar-refractivity contribution is 5.97. The minimum atomic E-state index is -0.837. The van der Waals surface area contributed by atoms with E-state index >= 15 is 0 Å². The molecule has 0 aliphatic rings. The number of methoxy groups -OCH3 is 1. The van der Waals surface area contributed by atoms with E-state index < -0.39 is 5.60 Å². The maximum Gasteiger partial charge on any atom is 0.256 e. The smallest absolute Gasteiger partial charge is 0.256 e. The first kappa shape index (κ1) is 18.4. The molecule has 0 aliphatic heterocycles. The molecule has 1 aromatic heterocycles. The molecule has 0 unspecified atom stereocenters. The van der Waals surface area contributed by atoms with Crippen LogP contribution in [0.2, 0.25) is 0 Å². The lowest BCUT2D eigenvalue weighted by atomic mass is 10.0.